The normalized spacial score (nSPS) is 21.4. The number of rotatable bonds is 4. The molecule has 0 aliphatic carbocycles. The third-order valence-electron chi connectivity index (χ3n) is 4.09. The minimum atomic E-state index is 0.0436. The number of carbonyl (C=O) groups excluding carboxylic acids is 1. The van der Waals surface area contributed by atoms with Crippen LogP contribution in [0, 0.1) is 6.92 Å². The van der Waals surface area contributed by atoms with E-state index in [2.05, 4.69) is 55.5 Å². The molecule has 1 amide bonds. The summed E-state index contributed by atoms with van der Waals surface area (Å²) in [5, 5.41) is 0.189. The molecule has 3 heteroatoms. The molecule has 0 N–H and O–H groups in total. The van der Waals surface area contributed by atoms with Crippen LogP contribution in [0.1, 0.15) is 29.0 Å². The molecular formula is C19H21NOS. The highest BCUT2D eigenvalue weighted by atomic mass is 32.2. The first kappa shape index (κ1) is 15.2. The summed E-state index contributed by atoms with van der Waals surface area (Å²) in [5.41, 5.74) is 3.76. The van der Waals surface area contributed by atoms with Crippen molar-refractivity contribution in [1.82, 2.24) is 4.90 Å². The van der Waals surface area contributed by atoms with E-state index in [9.17, 15) is 4.79 Å². The van der Waals surface area contributed by atoms with E-state index < -0.39 is 0 Å². The summed E-state index contributed by atoms with van der Waals surface area (Å²) in [4.78, 5) is 14.5. The van der Waals surface area contributed by atoms with Crippen LogP contribution >= 0.6 is 11.8 Å². The Morgan fingerprint density at radius 3 is 2.41 bits per heavy atom. The molecule has 2 nitrogen and oxygen atoms in total. The second-order valence-corrected chi connectivity index (χ2v) is 7.23. The molecule has 3 rings (SSSR count). The first-order valence-corrected chi connectivity index (χ1v) is 8.66. The zero-order valence-electron chi connectivity index (χ0n) is 13.0. The molecule has 1 heterocycles. The Morgan fingerprint density at radius 1 is 1.05 bits per heavy atom. The summed E-state index contributed by atoms with van der Waals surface area (Å²) in [5.74, 6) is 0.256. The van der Waals surface area contributed by atoms with Gasteiger partial charge >= 0.3 is 0 Å². The van der Waals surface area contributed by atoms with Gasteiger partial charge < -0.3 is 4.90 Å². The quantitative estimate of drug-likeness (QED) is 0.843. The smallest absolute Gasteiger partial charge is 0.236 e. The molecule has 1 aliphatic heterocycles. The van der Waals surface area contributed by atoms with Gasteiger partial charge in [0.15, 0.2) is 0 Å². The van der Waals surface area contributed by atoms with Crippen LogP contribution in [0.4, 0.5) is 0 Å². The summed E-state index contributed by atoms with van der Waals surface area (Å²) in [6.07, 6.45) is 0.905. The van der Waals surface area contributed by atoms with Crippen molar-refractivity contribution in [3.05, 3.63) is 71.3 Å². The van der Waals surface area contributed by atoms with Gasteiger partial charge in [-0.1, -0.05) is 60.2 Å². The van der Waals surface area contributed by atoms with Gasteiger partial charge in [0.05, 0.1) is 5.25 Å². The van der Waals surface area contributed by atoms with Gasteiger partial charge in [-0.3, -0.25) is 4.79 Å². The van der Waals surface area contributed by atoms with Crippen LogP contribution in [0.5, 0.6) is 0 Å². The second-order valence-electron chi connectivity index (χ2n) is 5.81. The number of nitrogens with zero attached hydrogens (tertiary/aromatic N) is 1. The van der Waals surface area contributed by atoms with Crippen LogP contribution in [0.25, 0.3) is 0 Å². The van der Waals surface area contributed by atoms with E-state index >= 15 is 0 Å². The lowest BCUT2D eigenvalue weighted by Crippen LogP contribution is -2.32. The lowest BCUT2D eigenvalue weighted by Gasteiger charge is -2.24. The van der Waals surface area contributed by atoms with Crippen molar-refractivity contribution in [3.63, 3.8) is 0 Å². The molecule has 1 saturated heterocycles. The minimum absolute atomic E-state index is 0.0436. The lowest BCUT2D eigenvalue weighted by molar-refractivity contribution is -0.129. The predicted octanol–water partition coefficient (Wildman–Crippen LogP) is 4.20. The maximum Gasteiger partial charge on any atom is 0.236 e. The molecule has 0 aromatic heterocycles. The second kappa shape index (κ2) is 6.57. The number of amides is 1. The number of aryl methyl sites for hydroxylation is 1. The molecule has 22 heavy (non-hydrogen) atoms. The third kappa shape index (κ3) is 3.20. The van der Waals surface area contributed by atoms with Gasteiger partial charge in [0.1, 0.15) is 5.37 Å². The minimum Gasteiger partial charge on any atom is -0.325 e. The van der Waals surface area contributed by atoms with Gasteiger partial charge in [-0.2, -0.15) is 0 Å². The molecule has 0 bridgehead atoms. The van der Waals surface area contributed by atoms with E-state index in [1.54, 1.807) is 11.8 Å². The molecule has 2 atom stereocenters. The maximum atomic E-state index is 12.5. The molecule has 114 valence electrons. The topological polar surface area (TPSA) is 20.3 Å². The zero-order valence-corrected chi connectivity index (χ0v) is 13.8. The average molecular weight is 311 g/mol. The largest absolute Gasteiger partial charge is 0.325 e. The van der Waals surface area contributed by atoms with Crippen LogP contribution in [0.15, 0.2) is 54.6 Å². The summed E-state index contributed by atoms with van der Waals surface area (Å²) in [6, 6.07) is 18.9. The Labute approximate surface area is 136 Å². The van der Waals surface area contributed by atoms with Gasteiger partial charge in [0.2, 0.25) is 5.91 Å². The van der Waals surface area contributed by atoms with E-state index in [0.717, 1.165) is 13.0 Å². The molecule has 1 fully saturated rings. The van der Waals surface area contributed by atoms with Gasteiger partial charge in [-0.25, -0.2) is 0 Å². The fourth-order valence-electron chi connectivity index (χ4n) is 2.79. The highest BCUT2D eigenvalue weighted by molar-refractivity contribution is 8.01. The SMILES string of the molecule is Cc1ccc(C2SC(C)C(=O)N2CCc2ccccc2)cc1. The van der Waals surface area contributed by atoms with Crippen molar-refractivity contribution >= 4 is 17.7 Å². The zero-order chi connectivity index (χ0) is 15.5. The molecule has 1 aliphatic rings. The lowest BCUT2D eigenvalue weighted by atomic mass is 10.1. The number of benzene rings is 2. The van der Waals surface area contributed by atoms with Crippen molar-refractivity contribution < 1.29 is 4.79 Å². The third-order valence-corrected chi connectivity index (χ3v) is 5.49. The van der Waals surface area contributed by atoms with E-state index in [-0.39, 0.29) is 16.5 Å². The summed E-state index contributed by atoms with van der Waals surface area (Å²) in [6.45, 7) is 4.88. The molecular weight excluding hydrogens is 290 g/mol. The molecule has 0 radical (unpaired) electrons. The van der Waals surface area contributed by atoms with Crippen LogP contribution in [-0.4, -0.2) is 22.6 Å². The first-order chi connectivity index (χ1) is 10.6. The number of carbonyl (C=O) groups is 1. The highest BCUT2D eigenvalue weighted by Gasteiger charge is 2.37. The summed E-state index contributed by atoms with van der Waals surface area (Å²) >= 11 is 1.75. The number of hydrogen-bond donors (Lipinski definition) is 0. The van der Waals surface area contributed by atoms with Crippen LogP contribution in [-0.2, 0) is 11.2 Å². The van der Waals surface area contributed by atoms with Crippen LogP contribution < -0.4 is 0 Å². The Kier molecular flexibility index (Phi) is 4.53. The van der Waals surface area contributed by atoms with E-state index in [1.165, 1.54) is 16.7 Å². The fraction of sp³-hybridized carbons (Fsp3) is 0.316. The van der Waals surface area contributed by atoms with E-state index in [0.29, 0.717) is 0 Å². The van der Waals surface area contributed by atoms with Crippen LogP contribution in [0.2, 0.25) is 0 Å². The van der Waals surface area contributed by atoms with E-state index in [1.807, 2.05) is 17.9 Å². The first-order valence-electron chi connectivity index (χ1n) is 7.71. The maximum absolute atomic E-state index is 12.5. The van der Waals surface area contributed by atoms with Crippen molar-refractivity contribution in [2.45, 2.75) is 30.9 Å². The van der Waals surface area contributed by atoms with Crippen LogP contribution in [0.3, 0.4) is 0 Å². The number of thioether (sulfide) groups is 1. The van der Waals surface area contributed by atoms with Crippen molar-refractivity contribution in [3.8, 4) is 0 Å². The Balaban J connectivity index is 1.76. The Bertz CT molecular complexity index is 638. The average Bonchev–Trinajstić information content (AvgIpc) is 2.82. The van der Waals surface area contributed by atoms with Crippen molar-refractivity contribution in [1.29, 1.82) is 0 Å². The molecule has 0 spiro atoms. The Morgan fingerprint density at radius 2 is 1.73 bits per heavy atom. The number of hydrogen-bond acceptors (Lipinski definition) is 2. The Hall–Kier alpha value is -1.74. The van der Waals surface area contributed by atoms with Crippen molar-refractivity contribution in [2.75, 3.05) is 6.54 Å². The van der Waals surface area contributed by atoms with Gasteiger partial charge in [-0.15, -0.1) is 11.8 Å². The van der Waals surface area contributed by atoms with Gasteiger partial charge in [0, 0.05) is 6.54 Å². The fourth-order valence-corrected chi connectivity index (χ4v) is 4.09. The highest BCUT2D eigenvalue weighted by Crippen LogP contribution is 2.42. The van der Waals surface area contributed by atoms with Gasteiger partial charge in [-0.05, 0) is 31.4 Å². The standard InChI is InChI=1S/C19H21NOS/c1-14-8-10-17(11-9-14)19-20(18(21)15(2)22-19)13-12-16-6-4-3-5-7-16/h3-11,15,19H,12-13H2,1-2H3. The predicted molar refractivity (Wildman–Crippen MR) is 92.8 cm³/mol. The van der Waals surface area contributed by atoms with E-state index in [4.69, 9.17) is 0 Å². The summed E-state index contributed by atoms with van der Waals surface area (Å²) < 4.78 is 0. The molecule has 2 aromatic carbocycles. The molecule has 2 aromatic rings. The van der Waals surface area contributed by atoms with Gasteiger partial charge in [0.25, 0.3) is 0 Å². The molecule has 2 unspecified atom stereocenters. The monoisotopic (exact) mass is 311 g/mol. The molecule has 0 saturated carbocycles. The van der Waals surface area contributed by atoms with Crippen molar-refractivity contribution in [2.24, 2.45) is 0 Å². The summed E-state index contributed by atoms with van der Waals surface area (Å²) in [7, 11) is 0.